The van der Waals surface area contributed by atoms with Crippen molar-refractivity contribution in [3.8, 4) is 5.75 Å². The van der Waals surface area contributed by atoms with Gasteiger partial charge in [-0.3, -0.25) is 0 Å². The van der Waals surface area contributed by atoms with Crippen molar-refractivity contribution in [2.45, 2.75) is 65.6 Å². The molecule has 4 aromatic rings. The van der Waals surface area contributed by atoms with Crippen LogP contribution in [0, 0.1) is 19.9 Å². The van der Waals surface area contributed by atoms with Crippen molar-refractivity contribution in [3.05, 3.63) is 164 Å². The number of allylic oxidation sites excluding steroid dienone is 2. The van der Waals surface area contributed by atoms with Crippen molar-refractivity contribution >= 4 is 17.1 Å². The standard InChI is InChI=1S/C40H40N3O.Pt/c1-25(2)31-18-11-19-32(26(3)4)39(31)43-24-36(38-27(5)13-9-14-28(38)6)42-40(43)30-16-10-15-29(23-30)34-20-12-21-35(41-34)33-17-7-8-22-37(33)44;/h7-22,24-26,34,40,44H,1-6H3;/q-3;. The Bertz CT molecular complexity index is 1740. The molecule has 2 heterocycles. The Hall–Kier alpha value is -4.01. The Morgan fingerprint density at radius 3 is 2.02 bits per heavy atom. The van der Waals surface area contributed by atoms with Crippen LogP contribution in [-0.2, 0) is 21.1 Å². The molecule has 2 aliphatic rings. The molecule has 0 spiro atoms. The van der Waals surface area contributed by atoms with E-state index in [-0.39, 0.29) is 39.0 Å². The van der Waals surface area contributed by atoms with Crippen molar-refractivity contribution in [2.24, 2.45) is 0 Å². The van der Waals surface area contributed by atoms with E-state index in [0.29, 0.717) is 11.8 Å². The smallest absolute Gasteiger partial charge is 0.121 e. The summed E-state index contributed by atoms with van der Waals surface area (Å²) in [6.45, 7) is 13.4. The van der Waals surface area contributed by atoms with E-state index in [1.807, 2.05) is 30.4 Å². The summed E-state index contributed by atoms with van der Waals surface area (Å²) in [5.74, 6) is 0.927. The normalized spacial score (nSPS) is 17.5. The van der Waals surface area contributed by atoms with Crippen LogP contribution in [0.2, 0.25) is 0 Å². The largest absolute Gasteiger partial charge is 0.676 e. The number of para-hydroxylation sites is 2. The zero-order valence-corrected chi connectivity index (χ0v) is 29.0. The number of nitrogens with zero attached hydrogens (tertiary/aromatic N) is 3. The van der Waals surface area contributed by atoms with Gasteiger partial charge in [0.15, 0.2) is 0 Å². The number of aryl methyl sites for hydroxylation is 2. The Morgan fingerprint density at radius 1 is 0.733 bits per heavy atom. The second-order valence-corrected chi connectivity index (χ2v) is 12.4. The first kappa shape index (κ1) is 32.4. The van der Waals surface area contributed by atoms with E-state index < -0.39 is 0 Å². The molecular formula is C40H40N3OPt-3. The van der Waals surface area contributed by atoms with Gasteiger partial charge in [-0.05, 0) is 71.9 Å². The van der Waals surface area contributed by atoms with Crippen LogP contribution in [0.5, 0.6) is 5.75 Å². The number of benzene rings is 4. The molecule has 6 rings (SSSR count). The topological polar surface area (TPSA) is 51.7 Å². The van der Waals surface area contributed by atoms with Crippen molar-refractivity contribution in [1.29, 1.82) is 0 Å². The molecule has 1 N–H and O–H groups in total. The number of hydrogen-bond donors (Lipinski definition) is 1. The fraction of sp³-hybridized carbons (Fsp3) is 0.250. The predicted molar refractivity (Wildman–Crippen MR) is 184 cm³/mol. The van der Waals surface area contributed by atoms with Gasteiger partial charge in [0, 0.05) is 32.3 Å². The van der Waals surface area contributed by atoms with Crippen LogP contribution < -0.4 is 4.90 Å². The number of hydrogen-bond acceptors (Lipinski definition) is 2. The average molecular weight is 774 g/mol. The first-order valence-corrected chi connectivity index (χ1v) is 15.5. The summed E-state index contributed by atoms with van der Waals surface area (Å²) in [5.41, 5.74) is 11.9. The molecule has 0 saturated heterocycles. The third kappa shape index (κ3) is 6.40. The fourth-order valence-electron chi connectivity index (χ4n) is 6.33. The third-order valence-electron chi connectivity index (χ3n) is 8.57. The minimum atomic E-state index is -0.276. The molecule has 0 aliphatic carbocycles. The number of phenolic OH excluding ortho intramolecular Hbond substituents is 1. The molecule has 45 heavy (non-hydrogen) atoms. The summed E-state index contributed by atoms with van der Waals surface area (Å²) in [7, 11) is 0. The van der Waals surface area contributed by atoms with Gasteiger partial charge in [-0.25, -0.2) is 0 Å². The van der Waals surface area contributed by atoms with Crippen LogP contribution in [0.1, 0.15) is 96.2 Å². The Morgan fingerprint density at radius 2 is 1.36 bits per heavy atom. The van der Waals surface area contributed by atoms with Gasteiger partial charge in [0.05, 0.1) is 0 Å². The molecule has 0 amide bonds. The van der Waals surface area contributed by atoms with E-state index in [1.54, 1.807) is 6.07 Å². The van der Waals surface area contributed by atoms with E-state index in [0.717, 1.165) is 28.1 Å². The van der Waals surface area contributed by atoms with E-state index in [2.05, 4.69) is 119 Å². The van der Waals surface area contributed by atoms with Gasteiger partial charge >= 0.3 is 0 Å². The van der Waals surface area contributed by atoms with E-state index in [4.69, 9.17) is 10.6 Å². The first-order valence-electron chi connectivity index (χ1n) is 15.5. The maximum Gasteiger partial charge on any atom is 0.121 e. The Kier molecular flexibility index (Phi) is 9.75. The van der Waals surface area contributed by atoms with Crippen LogP contribution >= 0.6 is 0 Å². The molecule has 5 heteroatoms. The van der Waals surface area contributed by atoms with Gasteiger partial charge in [-0.15, -0.1) is 11.4 Å². The summed E-state index contributed by atoms with van der Waals surface area (Å²) in [4.78, 5) is 2.38. The van der Waals surface area contributed by atoms with Crippen LogP contribution in [0.25, 0.3) is 22.0 Å². The molecule has 4 nitrogen and oxygen atoms in total. The zero-order valence-electron chi connectivity index (χ0n) is 26.7. The van der Waals surface area contributed by atoms with E-state index in [1.165, 1.54) is 33.5 Å². The molecular weight excluding hydrogens is 734 g/mol. The molecule has 0 radical (unpaired) electrons. The fourth-order valence-corrected chi connectivity index (χ4v) is 6.33. The Balaban J connectivity index is 0.00000400. The second-order valence-electron chi connectivity index (χ2n) is 12.4. The summed E-state index contributed by atoms with van der Waals surface area (Å²) in [6.07, 6.45) is 8.01. The van der Waals surface area contributed by atoms with Crippen molar-refractivity contribution in [3.63, 3.8) is 0 Å². The van der Waals surface area contributed by atoms with Gasteiger partial charge in [-0.1, -0.05) is 107 Å². The summed E-state index contributed by atoms with van der Waals surface area (Å²) in [6, 6.07) is 30.3. The molecule has 2 unspecified atom stereocenters. The Labute approximate surface area is 282 Å². The molecule has 0 saturated carbocycles. The van der Waals surface area contributed by atoms with Gasteiger partial charge in [0.1, 0.15) is 5.75 Å². The zero-order chi connectivity index (χ0) is 31.0. The van der Waals surface area contributed by atoms with Crippen LogP contribution in [0.15, 0.2) is 103 Å². The second kappa shape index (κ2) is 13.5. The third-order valence-corrected chi connectivity index (χ3v) is 8.57. The van der Waals surface area contributed by atoms with Crippen LogP contribution in [0.4, 0.5) is 5.69 Å². The van der Waals surface area contributed by atoms with Gasteiger partial charge in [-0.2, -0.15) is 35.4 Å². The number of anilines is 1. The first-order chi connectivity index (χ1) is 21.2. The maximum absolute atomic E-state index is 10.5. The quantitative estimate of drug-likeness (QED) is 0.190. The van der Waals surface area contributed by atoms with E-state index >= 15 is 0 Å². The molecule has 2 atom stereocenters. The van der Waals surface area contributed by atoms with Crippen LogP contribution in [-0.4, -0.2) is 5.11 Å². The van der Waals surface area contributed by atoms with Gasteiger partial charge in [0.2, 0.25) is 0 Å². The van der Waals surface area contributed by atoms with Gasteiger partial charge < -0.3 is 20.6 Å². The maximum atomic E-state index is 10.5. The molecule has 234 valence electrons. The van der Waals surface area contributed by atoms with Crippen molar-refractivity contribution in [2.75, 3.05) is 4.90 Å². The summed E-state index contributed by atoms with van der Waals surface area (Å²) < 4.78 is 0. The number of aromatic hydroxyl groups is 1. The monoisotopic (exact) mass is 773 g/mol. The minimum absolute atomic E-state index is 0. The van der Waals surface area contributed by atoms with Gasteiger partial charge in [0.25, 0.3) is 0 Å². The SMILES string of the molecule is Cc1cccc(C)c1C1=CN(c2c(C(C)C)cccc2C(C)C)C(c2[c-]c(C3C=CC=C(c4ccccc4O)[N-]3)ccc2)[N-]1.[Pt]. The van der Waals surface area contributed by atoms with Crippen molar-refractivity contribution < 1.29 is 26.2 Å². The number of phenols is 1. The minimum Gasteiger partial charge on any atom is -0.676 e. The van der Waals surface area contributed by atoms with Crippen molar-refractivity contribution in [1.82, 2.24) is 0 Å². The van der Waals surface area contributed by atoms with Crippen LogP contribution in [0.3, 0.4) is 0 Å². The van der Waals surface area contributed by atoms with E-state index in [9.17, 15) is 5.11 Å². The molecule has 0 bridgehead atoms. The molecule has 0 aromatic heterocycles. The predicted octanol–water partition coefficient (Wildman–Crippen LogP) is 11.0. The average Bonchev–Trinajstić information content (AvgIpc) is 3.45. The number of rotatable bonds is 7. The molecule has 4 aromatic carbocycles. The molecule has 0 fully saturated rings. The molecule has 2 aliphatic heterocycles. The summed E-state index contributed by atoms with van der Waals surface area (Å²) >= 11 is 0. The summed E-state index contributed by atoms with van der Waals surface area (Å²) in [5, 5.41) is 20.9.